The van der Waals surface area contributed by atoms with Crippen LogP contribution in [0.3, 0.4) is 0 Å². The van der Waals surface area contributed by atoms with E-state index in [0.717, 1.165) is 44.8 Å². The molecule has 5 heteroatoms. The third kappa shape index (κ3) is 5.74. The highest BCUT2D eigenvalue weighted by Crippen LogP contribution is 2.56. The standard InChI is InChI=1S/C55H35N5/c1-4-15-35(16-5-1)52-56-48(39-25-24-34-14-10-11-21-38(34)30-39)33-49(57-52)40-26-28-44-46(31-40)50-42-22-12-13-23-43(42)51(44)47-32-41(27-29-45(47)50)55-59-53(36-17-6-2-7-18-36)58-54(60-55)37-19-8-3-9-20-37/h1-33,50-51H. The quantitative estimate of drug-likeness (QED) is 0.169. The molecule has 0 spiro atoms. The summed E-state index contributed by atoms with van der Waals surface area (Å²) in [7, 11) is 0. The Balaban J connectivity index is 0.989. The molecule has 10 aromatic rings. The van der Waals surface area contributed by atoms with E-state index < -0.39 is 0 Å². The SMILES string of the molecule is c1ccc(-c2nc(-c3ccc4c(c3)C3c5ccccc5C4c4cc(-c5nc(-c6ccccc6)nc(-c6ccccc6)n5)ccc43)cc(-c3ccc4ccccc4c3)n2)cc1. The number of fused-ring (bicyclic) bond motifs is 1. The summed E-state index contributed by atoms with van der Waals surface area (Å²) in [4.78, 5) is 25.5. The normalized spacial score (nSPS) is 14.7. The first-order chi connectivity index (χ1) is 29.7. The second-order valence-electron chi connectivity index (χ2n) is 15.6. The molecule has 0 radical (unpaired) electrons. The zero-order valence-corrected chi connectivity index (χ0v) is 32.4. The summed E-state index contributed by atoms with van der Waals surface area (Å²) in [6.07, 6.45) is 0. The maximum Gasteiger partial charge on any atom is 0.164 e. The van der Waals surface area contributed by atoms with Crippen LogP contribution in [0.15, 0.2) is 200 Å². The van der Waals surface area contributed by atoms with E-state index in [0.29, 0.717) is 23.3 Å². The topological polar surface area (TPSA) is 64.5 Å². The monoisotopic (exact) mass is 765 g/mol. The molecule has 5 nitrogen and oxygen atoms in total. The molecule has 2 atom stereocenters. The zero-order chi connectivity index (χ0) is 39.6. The van der Waals surface area contributed by atoms with E-state index in [1.807, 2.05) is 54.6 Å². The summed E-state index contributed by atoms with van der Waals surface area (Å²) in [5, 5.41) is 2.39. The molecule has 0 saturated carbocycles. The largest absolute Gasteiger partial charge is 0.228 e. The van der Waals surface area contributed by atoms with E-state index in [9.17, 15) is 0 Å². The Morgan fingerprint density at radius 2 is 0.617 bits per heavy atom. The summed E-state index contributed by atoms with van der Waals surface area (Å²) < 4.78 is 0. The van der Waals surface area contributed by atoms with Gasteiger partial charge in [-0.3, -0.25) is 0 Å². The van der Waals surface area contributed by atoms with Crippen LogP contribution in [0.5, 0.6) is 0 Å². The maximum absolute atomic E-state index is 5.23. The molecule has 280 valence electrons. The van der Waals surface area contributed by atoms with Crippen LogP contribution in [0.1, 0.15) is 45.2 Å². The van der Waals surface area contributed by atoms with Crippen LogP contribution in [-0.2, 0) is 0 Å². The fourth-order valence-electron chi connectivity index (χ4n) is 9.26. The zero-order valence-electron chi connectivity index (χ0n) is 32.4. The Hall–Kier alpha value is -7.89. The molecule has 13 rings (SSSR count). The van der Waals surface area contributed by atoms with Crippen molar-refractivity contribution in [3.63, 3.8) is 0 Å². The number of hydrogen-bond donors (Lipinski definition) is 0. The molecule has 60 heavy (non-hydrogen) atoms. The van der Waals surface area contributed by atoms with Crippen molar-refractivity contribution in [1.82, 2.24) is 24.9 Å². The first-order valence-corrected chi connectivity index (χ1v) is 20.4. The number of rotatable bonds is 6. The van der Waals surface area contributed by atoms with Crippen molar-refractivity contribution >= 4 is 10.8 Å². The van der Waals surface area contributed by atoms with Crippen LogP contribution in [0.2, 0.25) is 0 Å². The number of hydrogen-bond acceptors (Lipinski definition) is 5. The summed E-state index contributed by atoms with van der Waals surface area (Å²) in [6.45, 7) is 0. The van der Waals surface area contributed by atoms with E-state index in [-0.39, 0.29) is 11.8 Å². The van der Waals surface area contributed by atoms with Gasteiger partial charge >= 0.3 is 0 Å². The van der Waals surface area contributed by atoms with Gasteiger partial charge in [0.1, 0.15) is 0 Å². The van der Waals surface area contributed by atoms with Gasteiger partial charge in [-0.15, -0.1) is 0 Å². The third-order valence-corrected chi connectivity index (χ3v) is 12.1. The average Bonchev–Trinajstić information content (AvgIpc) is 3.34. The van der Waals surface area contributed by atoms with Gasteiger partial charge in [-0.2, -0.15) is 0 Å². The van der Waals surface area contributed by atoms with E-state index >= 15 is 0 Å². The number of nitrogens with zero attached hydrogens (tertiary/aromatic N) is 5. The van der Waals surface area contributed by atoms with Gasteiger partial charge in [0, 0.05) is 45.2 Å². The van der Waals surface area contributed by atoms with Gasteiger partial charge in [0.2, 0.25) is 0 Å². The van der Waals surface area contributed by atoms with Gasteiger partial charge in [-0.1, -0.05) is 176 Å². The molecule has 0 saturated heterocycles. The van der Waals surface area contributed by atoms with Crippen molar-refractivity contribution < 1.29 is 0 Å². The number of benzene rings is 8. The Morgan fingerprint density at radius 1 is 0.233 bits per heavy atom. The third-order valence-electron chi connectivity index (χ3n) is 12.1. The van der Waals surface area contributed by atoms with Gasteiger partial charge < -0.3 is 0 Å². The fraction of sp³-hybridized carbons (Fsp3) is 0.0364. The maximum atomic E-state index is 5.23. The highest BCUT2D eigenvalue weighted by molar-refractivity contribution is 5.87. The molecule has 0 amide bonds. The van der Waals surface area contributed by atoms with E-state index in [1.54, 1.807) is 0 Å². The van der Waals surface area contributed by atoms with Gasteiger partial charge in [-0.25, -0.2) is 24.9 Å². The Kier molecular flexibility index (Phi) is 7.91. The Bertz CT molecular complexity index is 3210. The lowest BCUT2D eigenvalue weighted by molar-refractivity contribution is 0.754. The number of aromatic nitrogens is 5. The van der Waals surface area contributed by atoms with Gasteiger partial charge in [0.25, 0.3) is 0 Å². The van der Waals surface area contributed by atoms with Crippen molar-refractivity contribution in [2.24, 2.45) is 0 Å². The molecule has 3 aliphatic carbocycles. The van der Waals surface area contributed by atoms with Gasteiger partial charge in [-0.05, 0) is 68.4 Å². The van der Waals surface area contributed by atoms with Crippen molar-refractivity contribution in [1.29, 1.82) is 0 Å². The summed E-state index contributed by atoms with van der Waals surface area (Å²) >= 11 is 0. The lowest BCUT2D eigenvalue weighted by Crippen LogP contribution is -2.27. The lowest BCUT2D eigenvalue weighted by atomic mass is 9.60. The molecular weight excluding hydrogens is 731 g/mol. The van der Waals surface area contributed by atoms with E-state index in [4.69, 9.17) is 24.9 Å². The molecule has 0 fully saturated rings. The highest BCUT2D eigenvalue weighted by Gasteiger charge is 2.41. The molecule has 8 aromatic carbocycles. The minimum absolute atomic E-state index is 0.0627. The fourth-order valence-corrected chi connectivity index (χ4v) is 9.26. The molecule has 2 aromatic heterocycles. The predicted octanol–water partition coefficient (Wildman–Crippen LogP) is 12.8. The minimum Gasteiger partial charge on any atom is -0.228 e. The molecule has 2 bridgehead atoms. The van der Waals surface area contributed by atoms with Crippen molar-refractivity contribution in [2.45, 2.75) is 11.8 Å². The van der Waals surface area contributed by atoms with Crippen molar-refractivity contribution in [3.8, 4) is 68.1 Å². The van der Waals surface area contributed by atoms with E-state index in [1.165, 1.54) is 44.2 Å². The molecule has 0 N–H and O–H groups in total. The summed E-state index contributed by atoms with van der Waals surface area (Å²) in [5.41, 5.74) is 15.8. The highest BCUT2D eigenvalue weighted by atomic mass is 15.0. The summed E-state index contributed by atoms with van der Waals surface area (Å²) in [6, 6.07) is 70.5. The lowest BCUT2D eigenvalue weighted by Gasteiger charge is -2.42. The second kappa shape index (κ2) is 13.9. The van der Waals surface area contributed by atoms with Gasteiger partial charge in [0.05, 0.1) is 11.4 Å². The van der Waals surface area contributed by atoms with Crippen LogP contribution in [-0.4, -0.2) is 24.9 Å². The van der Waals surface area contributed by atoms with Crippen LogP contribution in [0.25, 0.3) is 78.8 Å². The summed E-state index contributed by atoms with van der Waals surface area (Å²) in [5.74, 6) is 2.82. The smallest absolute Gasteiger partial charge is 0.164 e. The van der Waals surface area contributed by atoms with Crippen LogP contribution < -0.4 is 0 Å². The molecular formula is C55H35N5. The first kappa shape index (κ1) is 34.2. The molecule has 2 unspecified atom stereocenters. The molecule has 3 aliphatic rings. The van der Waals surface area contributed by atoms with E-state index in [2.05, 4.69) is 146 Å². The van der Waals surface area contributed by atoms with Crippen LogP contribution in [0, 0.1) is 0 Å². The molecule has 0 aliphatic heterocycles. The van der Waals surface area contributed by atoms with Gasteiger partial charge in [0.15, 0.2) is 23.3 Å². The van der Waals surface area contributed by atoms with Crippen LogP contribution >= 0.6 is 0 Å². The van der Waals surface area contributed by atoms with Crippen molar-refractivity contribution in [3.05, 3.63) is 234 Å². The second-order valence-corrected chi connectivity index (χ2v) is 15.6. The van der Waals surface area contributed by atoms with Crippen LogP contribution in [0.4, 0.5) is 0 Å². The van der Waals surface area contributed by atoms with Crippen molar-refractivity contribution in [2.75, 3.05) is 0 Å². The molecule has 2 heterocycles. The predicted molar refractivity (Wildman–Crippen MR) is 240 cm³/mol. The first-order valence-electron chi connectivity index (χ1n) is 20.4. The Morgan fingerprint density at radius 3 is 1.17 bits per heavy atom. The Labute approximate surface area is 347 Å². The average molecular weight is 766 g/mol. The minimum atomic E-state index is 0.0627.